The van der Waals surface area contributed by atoms with Gasteiger partial charge in [0, 0.05) is 0 Å². The van der Waals surface area contributed by atoms with E-state index in [1.165, 1.54) is 0 Å². The van der Waals surface area contributed by atoms with Crippen molar-refractivity contribution < 1.29 is 26.8 Å². The predicted octanol–water partition coefficient (Wildman–Crippen LogP) is 6.84. The van der Waals surface area contributed by atoms with Gasteiger partial charge in [0.1, 0.15) is 0 Å². The Morgan fingerprint density at radius 3 is 0.308 bits per heavy atom. The van der Waals surface area contributed by atoms with Crippen LogP contribution in [0.15, 0.2) is 0 Å². The fraction of sp³-hybridized carbons (Fsp3) is 0. The van der Waals surface area contributed by atoms with E-state index in [1.807, 2.05) is 128 Å². The molecule has 0 aromatic carbocycles. The van der Waals surface area contributed by atoms with Gasteiger partial charge in [-0.1, -0.05) is 0 Å². The van der Waals surface area contributed by atoms with Crippen LogP contribution in [0.5, 0.6) is 0 Å². The topological polar surface area (TPSA) is 0 Å². The quantitative estimate of drug-likeness (QED) is 0.338. The molecule has 0 N–H and O–H groups in total. The zero-order valence-corrected chi connectivity index (χ0v) is 19.4. The standard InChI is InChI=1S/4C5H5.4ClH.2Cr/c4*1-2-4-5-3-1;;;;;;/h4*1-5H;4*1H;;/q;;;;;;;;2*+2/p-4. The van der Waals surface area contributed by atoms with Gasteiger partial charge in [-0.3, -0.25) is 0 Å². The monoisotopic (exact) mass is 504 g/mol. The summed E-state index contributed by atoms with van der Waals surface area (Å²) in [6, 6.07) is 0. The fourth-order valence-corrected chi connectivity index (χ4v) is 1.28. The maximum atomic E-state index is 4.83. The normalized spacial score (nSPS) is 19.8. The van der Waals surface area contributed by atoms with E-state index in [9.17, 15) is 0 Å². The van der Waals surface area contributed by atoms with Crippen molar-refractivity contribution in [3.63, 3.8) is 0 Å². The molecule has 0 spiro atoms. The molecule has 4 rings (SSSR count). The molecule has 0 nitrogen and oxygen atoms in total. The molecule has 0 aliphatic heterocycles. The summed E-state index contributed by atoms with van der Waals surface area (Å²) in [4.78, 5) is 0. The van der Waals surface area contributed by atoms with E-state index in [-0.39, 0.29) is 26.8 Å². The molecule has 0 amide bonds. The Kier molecular flexibility index (Phi) is 37.3. The molecule has 4 aliphatic rings. The van der Waals surface area contributed by atoms with E-state index in [0.717, 1.165) is 0 Å². The molecule has 4 saturated carbocycles. The van der Waals surface area contributed by atoms with Crippen molar-refractivity contribution >= 4 is 40.2 Å². The number of hydrogen-bond acceptors (Lipinski definition) is 0. The van der Waals surface area contributed by atoms with Crippen LogP contribution in [0.2, 0.25) is 0 Å². The molecular formula is C20H20Cl4Cr2. The van der Waals surface area contributed by atoms with Crippen molar-refractivity contribution in [2.24, 2.45) is 0 Å². The molecule has 0 heterocycles. The molecule has 4 fully saturated rings. The molecule has 20 radical (unpaired) electrons. The Morgan fingerprint density at radius 1 is 0.231 bits per heavy atom. The van der Waals surface area contributed by atoms with Gasteiger partial charge >= 0.3 is 66.9 Å². The van der Waals surface area contributed by atoms with Crippen LogP contribution < -0.4 is 0 Å². The van der Waals surface area contributed by atoms with Crippen molar-refractivity contribution in [3.8, 4) is 0 Å². The molecule has 6 heteroatoms. The Balaban J connectivity index is 0. The summed E-state index contributed by atoms with van der Waals surface area (Å²) in [7, 11) is 19.3. The van der Waals surface area contributed by atoms with Crippen LogP contribution in [0.1, 0.15) is 0 Å². The summed E-state index contributed by atoms with van der Waals surface area (Å²) < 4.78 is 0. The summed E-state index contributed by atoms with van der Waals surface area (Å²) in [6.07, 6.45) is 40.0. The fourth-order valence-electron chi connectivity index (χ4n) is 1.28. The van der Waals surface area contributed by atoms with Gasteiger partial charge in [-0.05, 0) is 128 Å². The van der Waals surface area contributed by atoms with Gasteiger partial charge in [0.25, 0.3) is 0 Å². The Morgan fingerprint density at radius 2 is 0.269 bits per heavy atom. The van der Waals surface area contributed by atoms with Crippen molar-refractivity contribution in [1.29, 1.82) is 0 Å². The molecule has 0 bridgehead atoms. The molecule has 26 heavy (non-hydrogen) atoms. The van der Waals surface area contributed by atoms with Gasteiger partial charge < -0.3 is 0 Å². The summed E-state index contributed by atoms with van der Waals surface area (Å²) >= 11 is -0.361. The van der Waals surface area contributed by atoms with Crippen LogP contribution in [0.25, 0.3) is 0 Å². The van der Waals surface area contributed by atoms with Crippen LogP contribution in [0.4, 0.5) is 0 Å². The van der Waals surface area contributed by atoms with E-state index in [0.29, 0.717) is 0 Å². The number of halogens is 4. The van der Waals surface area contributed by atoms with Crippen LogP contribution in [0.3, 0.4) is 0 Å². The van der Waals surface area contributed by atoms with Crippen LogP contribution in [0, 0.1) is 128 Å². The second-order valence-electron chi connectivity index (χ2n) is 3.97. The van der Waals surface area contributed by atoms with E-state index in [2.05, 4.69) is 0 Å². The molecule has 0 aromatic heterocycles. The predicted molar refractivity (Wildman–Crippen MR) is 109 cm³/mol. The molecule has 0 atom stereocenters. The van der Waals surface area contributed by atoms with Crippen molar-refractivity contribution in [2.45, 2.75) is 0 Å². The van der Waals surface area contributed by atoms with Crippen LogP contribution in [-0.4, -0.2) is 0 Å². The first-order valence-electron chi connectivity index (χ1n) is 7.28. The van der Waals surface area contributed by atoms with Gasteiger partial charge in [0.05, 0.1) is 0 Å². The van der Waals surface area contributed by atoms with Crippen molar-refractivity contribution in [1.82, 2.24) is 0 Å². The van der Waals surface area contributed by atoms with Gasteiger partial charge in [0.2, 0.25) is 0 Å². The molecule has 4 aliphatic carbocycles. The first-order valence-corrected chi connectivity index (χ1v) is 14.3. The molecular weight excluding hydrogens is 486 g/mol. The first-order chi connectivity index (χ1) is 12.8. The maximum absolute atomic E-state index is 4.83. The average molecular weight is 506 g/mol. The minimum absolute atomic E-state index is 0.181. The SMILES string of the molecule is [CH]1[CH][CH][CH][CH]1.[CH]1[CH][CH][CH][CH]1.[CH]1[CH][CH][CH][CH]1.[CH]1[CH][CH][CH][CH]1.[Cl][Cr][Cl].[Cl][Cr][Cl]. The third-order valence-electron chi connectivity index (χ3n) is 2.22. The Labute approximate surface area is 194 Å². The molecule has 0 unspecified atom stereocenters. The number of rotatable bonds is 0. The Hall–Kier alpha value is 2.22. The average Bonchev–Trinajstić information content (AvgIpc) is 3.53. The summed E-state index contributed by atoms with van der Waals surface area (Å²) in [5.41, 5.74) is 0. The van der Waals surface area contributed by atoms with E-state index >= 15 is 0 Å². The van der Waals surface area contributed by atoms with Crippen molar-refractivity contribution in [2.75, 3.05) is 0 Å². The van der Waals surface area contributed by atoms with Crippen molar-refractivity contribution in [3.05, 3.63) is 128 Å². The zero-order valence-electron chi connectivity index (χ0n) is 13.9. The second kappa shape index (κ2) is 31.9. The first kappa shape index (κ1) is 30.4. The second-order valence-corrected chi connectivity index (χ2v) is 8.18. The van der Waals surface area contributed by atoms with E-state index in [4.69, 9.17) is 40.2 Å². The van der Waals surface area contributed by atoms with E-state index in [1.54, 1.807) is 0 Å². The zero-order chi connectivity index (χ0) is 19.6. The minimum atomic E-state index is -0.181. The molecule has 140 valence electrons. The van der Waals surface area contributed by atoms with Gasteiger partial charge in [-0.25, -0.2) is 0 Å². The molecule has 0 saturated heterocycles. The Bertz CT molecular complexity index is 134. The van der Waals surface area contributed by atoms with Crippen LogP contribution in [-0.2, 0) is 26.8 Å². The van der Waals surface area contributed by atoms with Gasteiger partial charge in [-0.15, -0.1) is 0 Å². The summed E-state index contributed by atoms with van der Waals surface area (Å²) in [5.74, 6) is 0. The van der Waals surface area contributed by atoms with Gasteiger partial charge in [-0.2, -0.15) is 0 Å². The van der Waals surface area contributed by atoms with Gasteiger partial charge in [0.15, 0.2) is 0 Å². The summed E-state index contributed by atoms with van der Waals surface area (Å²) in [5, 5.41) is 0. The van der Waals surface area contributed by atoms with E-state index < -0.39 is 0 Å². The third-order valence-corrected chi connectivity index (χ3v) is 2.22. The number of hydrogen-bond donors (Lipinski definition) is 0. The molecule has 0 aromatic rings. The third kappa shape index (κ3) is 33.8. The van der Waals surface area contributed by atoms with Crippen LogP contribution >= 0.6 is 40.2 Å². The summed E-state index contributed by atoms with van der Waals surface area (Å²) in [6.45, 7) is 0.